The number of hydrogen-bond acceptors (Lipinski definition) is 5. The van der Waals surface area contributed by atoms with Gasteiger partial charge in [-0.3, -0.25) is 9.89 Å². The van der Waals surface area contributed by atoms with E-state index in [0.29, 0.717) is 30.9 Å². The summed E-state index contributed by atoms with van der Waals surface area (Å²) < 4.78 is 1.55. The number of aromatic nitrogens is 6. The van der Waals surface area contributed by atoms with Gasteiger partial charge < -0.3 is 5.11 Å². The Morgan fingerprint density at radius 1 is 1.47 bits per heavy atom. The zero-order valence-corrected chi connectivity index (χ0v) is 10.3. The fraction of sp³-hybridized carbons (Fsp3) is 0.545. The minimum Gasteiger partial charge on any atom is -0.481 e. The molecule has 2 N–H and O–H groups in total. The van der Waals surface area contributed by atoms with Gasteiger partial charge in [0.25, 0.3) is 0 Å². The lowest BCUT2D eigenvalue weighted by Gasteiger charge is -2.23. The normalized spacial score (nSPS) is 17.7. The van der Waals surface area contributed by atoms with Crippen LogP contribution in [0.3, 0.4) is 0 Å². The lowest BCUT2D eigenvalue weighted by molar-refractivity contribution is -0.149. The molecular weight excluding hydrogens is 248 g/mol. The Bertz CT molecular complexity index is 570. The van der Waals surface area contributed by atoms with E-state index >= 15 is 0 Å². The van der Waals surface area contributed by atoms with Gasteiger partial charge in [-0.25, -0.2) is 4.68 Å². The van der Waals surface area contributed by atoms with E-state index in [1.165, 1.54) is 0 Å². The van der Waals surface area contributed by atoms with Gasteiger partial charge in [-0.2, -0.15) is 5.10 Å². The van der Waals surface area contributed by atoms with Crippen LogP contribution < -0.4 is 0 Å². The van der Waals surface area contributed by atoms with Crippen molar-refractivity contribution < 1.29 is 9.90 Å². The first-order valence-electron chi connectivity index (χ1n) is 6.21. The molecule has 0 spiro atoms. The quantitative estimate of drug-likeness (QED) is 0.839. The van der Waals surface area contributed by atoms with Crippen LogP contribution in [-0.2, 0) is 11.3 Å². The molecule has 1 aliphatic rings. The van der Waals surface area contributed by atoms with Crippen LogP contribution in [0.15, 0.2) is 12.3 Å². The molecule has 0 amide bonds. The molecule has 1 saturated carbocycles. The van der Waals surface area contributed by atoms with Gasteiger partial charge in [0, 0.05) is 6.20 Å². The van der Waals surface area contributed by atoms with E-state index in [1.807, 2.05) is 0 Å². The molecule has 0 aromatic carbocycles. The van der Waals surface area contributed by atoms with E-state index in [9.17, 15) is 9.90 Å². The largest absolute Gasteiger partial charge is 0.481 e. The van der Waals surface area contributed by atoms with Crippen molar-refractivity contribution in [1.29, 1.82) is 0 Å². The van der Waals surface area contributed by atoms with Crippen molar-refractivity contribution >= 4 is 5.97 Å². The van der Waals surface area contributed by atoms with Crippen molar-refractivity contribution in [2.75, 3.05) is 0 Å². The van der Waals surface area contributed by atoms with Gasteiger partial charge in [-0.1, -0.05) is 12.8 Å². The van der Waals surface area contributed by atoms with Crippen molar-refractivity contribution in [3.63, 3.8) is 0 Å². The number of aliphatic carboxylic acids is 1. The van der Waals surface area contributed by atoms with Crippen molar-refractivity contribution in [2.45, 2.75) is 32.2 Å². The minimum absolute atomic E-state index is 0.295. The summed E-state index contributed by atoms with van der Waals surface area (Å²) in [7, 11) is 0. The van der Waals surface area contributed by atoms with Crippen LogP contribution in [0.2, 0.25) is 0 Å². The summed E-state index contributed by atoms with van der Waals surface area (Å²) >= 11 is 0. The number of carbonyl (C=O) groups is 1. The number of rotatable bonds is 4. The predicted molar refractivity (Wildman–Crippen MR) is 63.9 cm³/mol. The molecule has 2 aromatic rings. The zero-order chi connectivity index (χ0) is 13.3. The number of tetrazole rings is 1. The summed E-state index contributed by atoms with van der Waals surface area (Å²) in [5.41, 5.74) is -0.0621. The zero-order valence-electron chi connectivity index (χ0n) is 10.3. The maximum atomic E-state index is 11.5. The van der Waals surface area contributed by atoms with E-state index in [0.717, 1.165) is 12.8 Å². The number of nitrogens with zero attached hydrogens (tertiary/aromatic N) is 5. The molecule has 1 fully saturated rings. The highest BCUT2D eigenvalue weighted by atomic mass is 16.4. The molecule has 2 heterocycles. The molecular formula is C11H14N6O2. The number of carboxylic acid groups (broad SMARTS) is 1. The lowest BCUT2D eigenvalue weighted by Crippen LogP contribution is -2.33. The lowest BCUT2D eigenvalue weighted by atomic mass is 9.86. The smallest absolute Gasteiger partial charge is 0.311 e. The summed E-state index contributed by atoms with van der Waals surface area (Å²) in [6.07, 6.45) is 4.83. The molecule has 2 aromatic heterocycles. The fourth-order valence-corrected chi connectivity index (χ4v) is 2.66. The molecule has 100 valence electrons. The Labute approximate surface area is 108 Å². The summed E-state index contributed by atoms with van der Waals surface area (Å²) in [4.78, 5) is 11.5. The van der Waals surface area contributed by atoms with Gasteiger partial charge in [0.2, 0.25) is 0 Å². The summed E-state index contributed by atoms with van der Waals surface area (Å²) in [5.74, 6) is -0.249. The summed E-state index contributed by atoms with van der Waals surface area (Å²) in [5, 5.41) is 27.6. The van der Waals surface area contributed by atoms with Crippen LogP contribution in [0.1, 0.15) is 25.7 Å². The third-order valence-corrected chi connectivity index (χ3v) is 3.74. The second-order valence-corrected chi connectivity index (χ2v) is 4.92. The summed E-state index contributed by atoms with van der Waals surface area (Å²) in [6, 6.07) is 1.75. The topological polar surface area (TPSA) is 110 Å². The van der Waals surface area contributed by atoms with Crippen LogP contribution in [-0.4, -0.2) is 41.5 Å². The average Bonchev–Trinajstić information content (AvgIpc) is 3.09. The minimum atomic E-state index is -0.768. The molecule has 0 unspecified atom stereocenters. The van der Waals surface area contributed by atoms with Crippen molar-refractivity contribution in [2.24, 2.45) is 5.41 Å². The standard InChI is InChI=1S/C11H14N6O2/c18-10(19)11(4-1-2-5-11)7-17-9(14-15-16-17)8-3-6-12-13-8/h3,6H,1-2,4-5,7H2,(H,12,13)(H,18,19). The molecule has 0 radical (unpaired) electrons. The van der Waals surface area contributed by atoms with E-state index in [-0.39, 0.29) is 0 Å². The van der Waals surface area contributed by atoms with Gasteiger partial charge >= 0.3 is 5.97 Å². The first kappa shape index (κ1) is 11.8. The van der Waals surface area contributed by atoms with E-state index < -0.39 is 11.4 Å². The van der Waals surface area contributed by atoms with Crippen LogP contribution in [0.5, 0.6) is 0 Å². The monoisotopic (exact) mass is 262 g/mol. The Hall–Kier alpha value is -2.25. The number of aromatic amines is 1. The van der Waals surface area contributed by atoms with E-state index in [2.05, 4.69) is 25.7 Å². The highest BCUT2D eigenvalue weighted by molar-refractivity contribution is 5.75. The number of carboxylic acids is 1. The molecule has 0 saturated heterocycles. The SMILES string of the molecule is O=C(O)C1(Cn2nnnc2-c2ccn[nH]2)CCCC1. The van der Waals surface area contributed by atoms with Crippen molar-refractivity contribution in [3.8, 4) is 11.5 Å². The second kappa shape index (κ2) is 4.45. The Kier molecular flexibility index (Phi) is 2.77. The first-order chi connectivity index (χ1) is 9.21. The first-order valence-corrected chi connectivity index (χ1v) is 6.21. The highest BCUT2D eigenvalue weighted by Crippen LogP contribution is 2.40. The predicted octanol–water partition coefficient (Wildman–Crippen LogP) is 0.708. The number of nitrogens with one attached hydrogen (secondary N) is 1. The van der Waals surface area contributed by atoms with Gasteiger partial charge in [0.05, 0.1) is 12.0 Å². The Morgan fingerprint density at radius 3 is 2.89 bits per heavy atom. The van der Waals surface area contributed by atoms with Crippen molar-refractivity contribution in [3.05, 3.63) is 12.3 Å². The third kappa shape index (κ3) is 1.98. The van der Waals surface area contributed by atoms with Gasteiger partial charge in [-0.15, -0.1) is 5.10 Å². The van der Waals surface area contributed by atoms with Gasteiger partial charge in [0.1, 0.15) is 5.69 Å². The maximum absolute atomic E-state index is 11.5. The summed E-state index contributed by atoms with van der Waals surface area (Å²) in [6.45, 7) is 0.295. The number of hydrogen-bond donors (Lipinski definition) is 2. The van der Waals surface area contributed by atoms with Crippen LogP contribution in [0, 0.1) is 5.41 Å². The highest BCUT2D eigenvalue weighted by Gasteiger charge is 2.42. The molecule has 8 nitrogen and oxygen atoms in total. The fourth-order valence-electron chi connectivity index (χ4n) is 2.66. The van der Waals surface area contributed by atoms with Crippen LogP contribution >= 0.6 is 0 Å². The molecule has 0 atom stereocenters. The molecule has 1 aliphatic carbocycles. The second-order valence-electron chi connectivity index (χ2n) is 4.92. The average molecular weight is 262 g/mol. The third-order valence-electron chi connectivity index (χ3n) is 3.74. The van der Waals surface area contributed by atoms with Crippen molar-refractivity contribution in [1.82, 2.24) is 30.4 Å². The molecule has 0 bridgehead atoms. The van der Waals surface area contributed by atoms with E-state index in [1.54, 1.807) is 16.9 Å². The maximum Gasteiger partial charge on any atom is 0.311 e. The van der Waals surface area contributed by atoms with Gasteiger partial charge in [-0.05, 0) is 29.3 Å². The van der Waals surface area contributed by atoms with Crippen LogP contribution in [0.4, 0.5) is 0 Å². The Morgan fingerprint density at radius 2 is 2.26 bits per heavy atom. The molecule has 3 rings (SSSR count). The van der Waals surface area contributed by atoms with Gasteiger partial charge in [0.15, 0.2) is 5.82 Å². The molecule has 0 aliphatic heterocycles. The molecule has 19 heavy (non-hydrogen) atoms. The number of H-pyrrole nitrogens is 1. The van der Waals surface area contributed by atoms with Crippen LogP contribution in [0.25, 0.3) is 11.5 Å². The van der Waals surface area contributed by atoms with E-state index in [4.69, 9.17) is 0 Å². The molecule has 8 heteroatoms. The Balaban J connectivity index is 1.92.